The first-order valence-electron chi connectivity index (χ1n) is 4.99. The Bertz CT molecular complexity index is 370. The molecule has 0 bridgehead atoms. The fraction of sp³-hybridized carbons (Fsp3) is 0.417. The number of nitrogens with zero attached hydrogens (tertiary/aromatic N) is 1. The van der Waals surface area contributed by atoms with Gasteiger partial charge in [-0.1, -0.05) is 28.1 Å². The Labute approximate surface area is 104 Å². The molecule has 0 aliphatic heterocycles. The molecule has 1 aromatic rings. The fourth-order valence-corrected chi connectivity index (χ4v) is 1.69. The molecule has 4 heteroatoms. The normalized spacial score (nSPS) is 11.3. The van der Waals surface area contributed by atoms with Gasteiger partial charge >= 0.3 is 0 Å². The number of alkyl halides is 1. The zero-order valence-electron chi connectivity index (χ0n) is 9.63. The van der Waals surface area contributed by atoms with Gasteiger partial charge in [0.2, 0.25) is 5.91 Å². The van der Waals surface area contributed by atoms with Crippen molar-refractivity contribution in [2.45, 2.75) is 24.7 Å². The van der Waals surface area contributed by atoms with Crippen LogP contribution in [0.4, 0.5) is 4.39 Å². The molecule has 0 radical (unpaired) electrons. The molecule has 0 unspecified atom stereocenters. The molecule has 0 aliphatic carbocycles. The van der Waals surface area contributed by atoms with E-state index in [1.54, 1.807) is 37.9 Å². The third-order valence-electron chi connectivity index (χ3n) is 2.19. The minimum atomic E-state index is -0.568. The summed E-state index contributed by atoms with van der Waals surface area (Å²) in [6.45, 7) is 4.08. The van der Waals surface area contributed by atoms with Crippen LogP contribution in [0.15, 0.2) is 24.3 Å². The number of rotatable bonds is 3. The van der Waals surface area contributed by atoms with Gasteiger partial charge in [0, 0.05) is 13.6 Å². The number of hydrogen-bond acceptors (Lipinski definition) is 1. The Kier molecular flexibility index (Phi) is 4.08. The van der Waals surface area contributed by atoms with Crippen LogP contribution in [0.1, 0.15) is 19.4 Å². The Balaban J connectivity index is 2.68. The summed E-state index contributed by atoms with van der Waals surface area (Å²) >= 11 is 3.32. The highest BCUT2D eigenvalue weighted by Crippen LogP contribution is 2.19. The van der Waals surface area contributed by atoms with Crippen LogP contribution in [-0.4, -0.2) is 22.2 Å². The molecular formula is C12H15BrFNO. The number of carbonyl (C=O) groups is 1. The molecule has 0 heterocycles. The Hall–Kier alpha value is -0.900. The predicted octanol–water partition coefficient (Wildman–Crippen LogP) is 2.96. The monoisotopic (exact) mass is 287 g/mol. The summed E-state index contributed by atoms with van der Waals surface area (Å²) in [6, 6.07) is 6.15. The first-order valence-corrected chi connectivity index (χ1v) is 5.79. The second-order valence-electron chi connectivity index (χ2n) is 4.26. The highest BCUT2D eigenvalue weighted by atomic mass is 79.9. The van der Waals surface area contributed by atoms with Gasteiger partial charge in [0.25, 0.3) is 0 Å². The topological polar surface area (TPSA) is 20.3 Å². The number of halogens is 2. The summed E-state index contributed by atoms with van der Waals surface area (Å²) < 4.78 is 12.1. The fourth-order valence-electron chi connectivity index (χ4n) is 1.39. The summed E-state index contributed by atoms with van der Waals surface area (Å²) in [6.07, 6.45) is 0. The molecular weight excluding hydrogens is 273 g/mol. The Morgan fingerprint density at radius 3 is 2.31 bits per heavy atom. The van der Waals surface area contributed by atoms with Crippen LogP contribution in [0.3, 0.4) is 0 Å². The van der Waals surface area contributed by atoms with Gasteiger partial charge in [0.05, 0.1) is 4.32 Å². The van der Waals surface area contributed by atoms with Crippen molar-refractivity contribution in [2.75, 3.05) is 7.05 Å². The second-order valence-corrected chi connectivity index (χ2v) is 6.24. The average Bonchev–Trinajstić information content (AvgIpc) is 2.19. The molecule has 0 fully saturated rings. The van der Waals surface area contributed by atoms with Crippen LogP contribution < -0.4 is 0 Å². The van der Waals surface area contributed by atoms with E-state index in [1.165, 1.54) is 12.1 Å². The highest BCUT2D eigenvalue weighted by Gasteiger charge is 2.26. The molecule has 88 valence electrons. The Morgan fingerprint density at radius 2 is 1.88 bits per heavy atom. The molecule has 0 saturated heterocycles. The van der Waals surface area contributed by atoms with Crippen molar-refractivity contribution in [3.8, 4) is 0 Å². The standard InChI is InChI=1S/C12H15BrFNO/c1-12(2,13)11(16)15(3)8-9-4-6-10(14)7-5-9/h4-7H,8H2,1-3H3. The lowest BCUT2D eigenvalue weighted by Crippen LogP contribution is -2.38. The van der Waals surface area contributed by atoms with Gasteiger partial charge in [-0.2, -0.15) is 0 Å². The molecule has 1 aromatic carbocycles. The lowest BCUT2D eigenvalue weighted by molar-refractivity contribution is -0.131. The second kappa shape index (κ2) is 4.95. The minimum absolute atomic E-state index is 0.00294. The van der Waals surface area contributed by atoms with Crippen LogP contribution >= 0.6 is 15.9 Å². The van der Waals surface area contributed by atoms with Crippen LogP contribution in [0, 0.1) is 5.82 Å². The van der Waals surface area contributed by atoms with E-state index in [4.69, 9.17) is 0 Å². The van der Waals surface area contributed by atoms with Gasteiger partial charge in [0.1, 0.15) is 5.82 Å². The maximum atomic E-state index is 12.7. The largest absolute Gasteiger partial charge is 0.340 e. The van der Waals surface area contributed by atoms with Crippen molar-refractivity contribution in [2.24, 2.45) is 0 Å². The maximum absolute atomic E-state index is 12.7. The van der Waals surface area contributed by atoms with E-state index in [-0.39, 0.29) is 11.7 Å². The summed E-state index contributed by atoms with van der Waals surface area (Å²) in [7, 11) is 1.73. The zero-order chi connectivity index (χ0) is 12.3. The minimum Gasteiger partial charge on any atom is -0.340 e. The van der Waals surface area contributed by atoms with E-state index in [1.807, 2.05) is 0 Å². The predicted molar refractivity (Wildman–Crippen MR) is 65.9 cm³/mol. The van der Waals surface area contributed by atoms with E-state index in [0.717, 1.165) is 5.56 Å². The van der Waals surface area contributed by atoms with Crippen LogP contribution in [-0.2, 0) is 11.3 Å². The quantitative estimate of drug-likeness (QED) is 0.783. The maximum Gasteiger partial charge on any atom is 0.238 e. The first kappa shape index (κ1) is 13.2. The van der Waals surface area contributed by atoms with E-state index in [0.29, 0.717) is 6.54 Å². The molecule has 0 spiro atoms. The Morgan fingerprint density at radius 1 is 1.38 bits per heavy atom. The van der Waals surface area contributed by atoms with Gasteiger partial charge in [0.15, 0.2) is 0 Å². The number of benzene rings is 1. The third-order valence-corrected chi connectivity index (χ3v) is 2.53. The van der Waals surface area contributed by atoms with Crippen molar-refractivity contribution in [3.05, 3.63) is 35.6 Å². The molecule has 0 N–H and O–H groups in total. The first-order chi connectivity index (χ1) is 7.30. The molecule has 1 rings (SSSR count). The van der Waals surface area contributed by atoms with Crippen molar-refractivity contribution >= 4 is 21.8 Å². The van der Waals surface area contributed by atoms with E-state index in [2.05, 4.69) is 15.9 Å². The van der Waals surface area contributed by atoms with Gasteiger partial charge in [-0.25, -0.2) is 4.39 Å². The van der Waals surface area contributed by atoms with Crippen LogP contribution in [0.25, 0.3) is 0 Å². The summed E-state index contributed by atoms with van der Waals surface area (Å²) in [5.41, 5.74) is 0.911. The number of carbonyl (C=O) groups excluding carboxylic acids is 1. The molecule has 0 saturated carbocycles. The smallest absolute Gasteiger partial charge is 0.238 e. The van der Waals surface area contributed by atoms with Crippen molar-refractivity contribution in [3.63, 3.8) is 0 Å². The average molecular weight is 288 g/mol. The lowest BCUT2D eigenvalue weighted by atomic mass is 10.1. The van der Waals surface area contributed by atoms with Crippen LogP contribution in [0.2, 0.25) is 0 Å². The molecule has 0 aromatic heterocycles. The molecule has 0 atom stereocenters. The van der Waals surface area contributed by atoms with E-state index >= 15 is 0 Å². The van der Waals surface area contributed by atoms with Gasteiger partial charge in [-0.05, 0) is 31.5 Å². The summed E-state index contributed by atoms with van der Waals surface area (Å²) in [5, 5.41) is 0. The molecule has 16 heavy (non-hydrogen) atoms. The van der Waals surface area contributed by atoms with Crippen LogP contribution in [0.5, 0.6) is 0 Å². The van der Waals surface area contributed by atoms with E-state index < -0.39 is 4.32 Å². The SMILES string of the molecule is CN(Cc1ccc(F)cc1)C(=O)C(C)(C)Br. The molecule has 2 nitrogen and oxygen atoms in total. The lowest BCUT2D eigenvalue weighted by Gasteiger charge is -2.24. The third kappa shape index (κ3) is 3.59. The molecule has 1 amide bonds. The number of hydrogen-bond donors (Lipinski definition) is 0. The zero-order valence-corrected chi connectivity index (χ0v) is 11.2. The van der Waals surface area contributed by atoms with Gasteiger partial charge in [-0.15, -0.1) is 0 Å². The van der Waals surface area contributed by atoms with Crippen molar-refractivity contribution in [1.82, 2.24) is 4.90 Å². The summed E-state index contributed by atoms with van der Waals surface area (Å²) in [4.78, 5) is 13.5. The van der Waals surface area contributed by atoms with E-state index in [9.17, 15) is 9.18 Å². The summed E-state index contributed by atoms with van der Waals surface area (Å²) in [5.74, 6) is -0.268. The van der Waals surface area contributed by atoms with Gasteiger partial charge in [-0.3, -0.25) is 4.79 Å². The molecule has 0 aliphatic rings. The van der Waals surface area contributed by atoms with Crippen molar-refractivity contribution in [1.29, 1.82) is 0 Å². The van der Waals surface area contributed by atoms with Crippen molar-refractivity contribution < 1.29 is 9.18 Å². The number of amides is 1. The van der Waals surface area contributed by atoms with Gasteiger partial charge < -0.3 is 4.90 Å². The highest BCUT2D eigenvalue weighted by molar-refractivity contribution is 9.10.